The number of carbonyl (C=O) groups excluding carboxylic acids is 1. The molecular formula is C17H21BrFN3OS+2. The third-order valence-corrected chi connectivity index (χ3v) is 5.65. The number of nitrogens with one attached hydrogen (secondary N) is 3. The maximum absolute atomic E-state index is 13.8. The third kappa shape index (κ3) is 4.86. The molecule has 0 aliphatic carbocycles. The molecule has 3 N–H and O–H groups in total. The number of piperazine rings is 1. The smallest absolute Gasteiger partial charge is 0.279 e. The van der Waals surface area contributed by atoms with Gasteiger partial charge in [0, 0.05) is 4.47 Å². The molecule has 0 unspecified atom stereocenters. The van der Waals surface area contributed by atoms with Crippen LogP contribution in [0.2, 0.25) is 0 Å². The Bertz CT molecular complexity index is 687. The van der Waals surface area contributed by atoms with E-state index in [0.717, 1.165) is 32.7 Å². The van der Waals surface area contributed by atoms with E-state index in [1.54, 1.807) is 28.4 Å². The first-order chi connectivity index (χ1) is 11.6. The molecule has 0 radical (unpaired) electrons. The molecule has 0 atom stereocenters. The van der Waals surface area contributed by atoms with Crippen LogP contribution >= 0.6 is 27.3 Å². The molecule has 2 heterocycles. The minimum atomic E-state index is -0.419. The largest absolute Gasteiger partial charge is 0.321 e. The minimum absolute atomic E-state index is 0.132. The standard InChI is InChI=1S/C17H19BrFN3OS/c18-13-3-4-16(15(19)10-13)20-17(23)12-22-7-5-21(6-8-22)11-14-2-1-9-24-14/h1-4,9-10H,5-8,11-12H2,(H,20,23)/p+2. The number of carbonyl (C=O) groups is 1. The molecule has 4 nitrogen and oxygen atoms in total. The SMILES string of the molecule is O=C(C[NH+]1CC[NH+](Cc2cccs2)CC1)Nc1ccc(Br)cc1F. The molecule has 24 heavy (non-hydrogen) atoms. The van der Waals surface area contributed by atoms with Gasteiger partial charge in [-0.05, 0) is 29.6 Å². The maximum Gasteiger partial charge on any atom is 0.279 e. The number of quaternary nitrogens is 2. The van der Waals surface area contributed by atoms with Gasteiger partial charge in [0.25, 0.3) is 5.91 Å². The van der Waals surface area contributed by atoms with E-state index in [4.69, 9.17) is 0 Å². The molecular weight excluding hydrogens is 393 g/mol. The van der Waals surface area contributed by atoms with Gasteiger partial charge in [0.05, 0.1) is 10.6 Å². The van der Waals surface area contributed by atoms with E-state index in [1.165, 1.54) is 15.8 Å². The van der Waals surface area contributed by atoms with Crippen LogP contribution in [-0.4, -0.2) is 38.6 Å². The van der Waals surface area contributed by atoms with Crippen LogP contribution in [0.4, 0.5) is 10.1 Å². The summed E-state index contributed by atoms with van der Waals surface area (Å²) in [6.45, 7) is 5.53. The Balaban J connectivity index is 1.44. The van der Waals surface area contributed by atoms with Gasteiger partial charge in [0.1, 0.15) is 38.5 Å². The van der Waals surface area contributed by atoms with Gasteiger partial charge in [-0.25, -0.2) is 4.39 Å². The van der Waals surface area contributed by atoms with E-state index in [9.17, 15) is 9.18 Å². The first-order valence-corrected chi connectivity index (χ1v) is 9.72. The summed E-state index contributed by atoms with van der Waals surface area (Å²) in [5, 5.41) is 4.78. The van der Waals surface area contributed by atoms with E-state index in [1.807, 2.05) is 0 Å². The average Bonchev–Trinajstić information content (AvgIpc) is 3.05. The molecule has 1 saturated heterocycles. The van der Waals surface area contributed by atoms with Crippen LogP contribution in [-0.2, 0) is 11.3 Å². The number of hydrogen-bond acceptors (Lipinski definition) is 2. The van der Waals surface area contributed by atoms with Gasteiger partial charge >= 0.3 is 0 Å². The zero-order valence-electron chi connectivity index (χ0n) is 13.3. The first kappa shape index (κ1) is 17.5. The van der Waals surface area contributed by atoms with Crippen molar-refractivity contribution in [3.63, 3.8) is 0 Å². The summed E-state index contributed by atoms with van der Waals surface area (Å²) < 4.78 is 14.4. The van der Waals surface area contributed by atoms with Crippen LogP contribution in [0.5, 0.6) is 0 Å². The third-order valence-electron chi connectivity index (χ3n) is 4.28. The number of anilines is 1. The summed E-state index contributed by atoms with van der Waals surface area (Å²) in [5.74, 6) is -0.550. The molecule has 2 aromatic rings. The highest BCUT2D eigenvalue weighted by Crippen LogP contribution is 2.18. The van der Waals surface area contributed by atoms with Crippen molar-refractivity contribution in [2.45, 2.75) is 6.54 Å². The second kappa shape index (κ2) is 8.20. The molecule has 7 heteroatoms. The number of halogens is 2. The molecule has 1 aromatic carbocycles. The number of amides is 1. The number of hydrogen-bond donors (Lipinski definition) is 3. The van der Waals surface area contributed by atoms with Crippen LogP contribution in [0, 0.1) is 5.82 Å². The Hall–Kier alpha value is -1.28. The molecule has 1 fully saturated rings. The fourth-order valence-electron chi connectivity index (χ4n) is 2.98. The molecule has 128 valence electrons. The van der Waals surface area contributed by atoms with Crippen molar-refractivity contribution in [1.29, 1.82) is 0 Å². The summed E-state index contributed by atoms with van der Waals surface area (Å²) in [6.07, 6.45) is 0. The van der Waals surface area contributed by atoms with Crippen LogP contribution in [0.25, 0.3) is 0 Å². The summed E-state index contributed by atoms with van der Waals surface area (Å²) in [7, 11) is 0. The monoisotopic (exact) mass is 413 g/mol. The van der Waals surface area contributed by atoms with Gasteiger partial charge in [-0.1, -0.05) is 22.0 Å². The maximum atomic E-state index is 13.8. The van der Waals surface area contributed by atoms with Crippen molar-refractivity contribution < 1.29 is 19.0 Å². The molecule has 0 spiro atoms. The highest BCUT2D eigenvalue weighted by molar-refractivity contribution is 9.10. The number of benzene rings is 1. The van der Waals surface area contributed by atoms with E-state index in [2.05, 4.69) is 38.8 Å². The zero-order chi connectivity index (χ0) is 16.9. The lowest BCUT2D eigenvalue weighted by Gasteiger charge is -2.29. The van der Waals surface area contributed by atoms with Crippen LogP contribution in [0.3, 0.4) is 0 Å². The lowest BCUT2D eigenvalue weighted by atomic mass is 10.2. The summed E-state index contributed by atoms with van der Waals surface area (Å²) in [6, 6.07) is 8.92. The number of rotatable bonds is 5. The molecule has 3 rings (SSSR count). The Morgan fingerprint density at radius 3 is 2.62 bits per heavy atom. The Morgan fingerprint density at radius 2 is 1.96 bits per heavy atom. The summed E-state index contributed by atoms with van der Waals surface area (Å²) in [4.78, 5) is 16.4. The molecule has 1 aliphatic rings. The Morgan fingerprint density at radius 1 is 1.21 bits per heavy atom. The second-order valence-electron chi connectivity index (χ2n) is 6.11. The molecule has 1 aliphatic heterocycles. The Kier molecular flexibility index (Phi) is 5.99. The lowest BCUT2D eigenvalue weighted by molar-refractivity contribution is -1.01. The van der Waals surface area contributed by atoms with E-state index in [0.29, 0.717) is 11.0 Å². The lowest BCUT2D eigenvalue weighted by Crippen LogP contribution is -3.28. The van der Waals surface area contributed by atoms with Gasteiger partial charge in [-0.3, -0.25) is 4.79 Å². The zero-order valence-corrected chi connectivity index (χ0v) is 15.7. The van der Waals surface area contributed by atoms with Crippen LogP contribution in [0.15, 0.2) is 40.2 Å². The quantitative estimate of drug-likeness (QED) is 0.658. The average molecular weight is 414 g/mol. The van der Waals surface area contributed by atoms with Crippen LogP contribution in [0.1, 0.15) is 4.88 Å². The fraction of sp³-hybridized carbons (Fsp3) is 0.353. The van der Waals surface area contributed by atoms with Crippen molar-refractivity contribution in [1.82, 2.24) is 0 Å². The minimum Gasteiger partial charge on any atom is -0.321 e. The van der Waals surface area contributed by atoms with E-state index >= 15 is 0 Å². The van der Waals surface area contributed by atoms with Crippen molar-refractivity contribution in [2.75, 3.05) is 38.0 Å². The molecule has 0 saturated carbocycles. The van der Waals surface area contributed by atoms with E-state index in [-0.39, 0.29) is 11.6 Å². The molecule has 1 aromatic heterocycles. The van der Waals surface area contributed by atoms with Crippen molar-refractivity contribution in [3.8, 4) is 0 Å². The highest BCUT2D eigenvalue weighted by atomic mass is 79.9. The van der Waals surface area contributed by atoms with Crippen molar-refractivity contribution >= 4 is 38.9 Å². The fourth-order valence-corrected chi connectivity index (χ4v) is 4.09. The molecule has 1 amide bonds. The number of thiophene rings is 1. The first-order valence-electron chi connectivity index (χ1n) is 8.04. The van der Waals surface area contributed by atoms with Crippen LogP contribution < -0.4 is 15.1 Å². The van der Waals surface area contributed by atoms with Gasteiger partial charge in [0.15, 0.2) is 6.54 Å². The topological polar surface area (TPSA) is 38.0 Å². The normalized spacial score (nSPS) is 20.8. The van der Waals surface area contributed by atoms with Gasteiger partial charge in [-0.2, -0.15) is 0 Å². The summed E-state index contributed by atoms with van der Waals surface area (Å²) >= 11 is 5.01. The van der Waals surface area contributed by atoms with Crippen molar-refractivity contribution in [3.05, 3.63) is 50.9 Å². The Labute approximate surface area is 153 Å². The summed E-state index contributed by atoms with van der Waals surface area (Å²) in [5.41, 5.74) is 0.240. The predicted molar refractivity (Wildman–Crippen MR) is 97.0 cm³/mol. The van der Waals surface area contributed by atoms with Gasteiger partial charge in [-0.15, -0.1) is 11.3 Å². The van der Waals surface area contributed by atoms with Gasteiger partial charge in [0.2, 0.25) is 0 Å². The van der Waals surface area contributed by atoms with Gasteiger partial charge < -0.3 is 15.1 Å². The molecule has 0 bridgehead atoms. The van der Waals surface area contributed by atoms with E-state index < -0.39 is 5.82 Å². The second-order valence-corrected chi connectivity index (χ2v) is 8.05. The van der Waals surface area contributed by atoms with Crippen molar-refractivity contribution in [2.24, 2.45) is 0 Å². The predicted octanol–water partition coefficient (Wildman–Crippen LogP) is 0.572. The highest BCUT2D eigenvalue weighted by Gasteiger charge is 2.25.